The van der Waals surface area contributed by atoms with Crippen molar-refractivity contribution in [2.24, 2.45) is 0 Å². The molecule has 0 bridgehead atoms. The molecule has 1 N–H and O–H groups in total. The highest BCUT2D eigenvalue weighted by Gasteiger charge is 2.10. The van der Waals surface area contributed by atoms with Gasteiger partial charge < -0.3 is 10.2 Å². The van der Waals surface area contributed by atoms with Gasteiger partial charge in [-0.2, -0.15) is 5.26 Å². The molecule has 2 rings (SSSR count). The average molecular weight is 271 g/mol. The number of hydrogen-bond acceptors (Lipinski definition) is 4. The lowest BCUT2D eigenvalue weighted by Gasteiger charge is -2.18. The van der Waals surface area contributed by atoms with E-state index in [1.54, 1.807) is 11.4 Å². The number of benzene rings is 1. The number of nitrogens with zero attached hydrogens (tertiary/aromatic N) is 2. The van der Waals surface area contributed by atoms with Crippen LogP contribution in [0.2, 0.25) is 0 Å². The first-order chi connectivity index (χ1) is 9.20. The summed E-state index contributed by atoms with van der Waals surface area (Å²) in [6.45, 7) is 0.243. The van der Waals surface area contributed by atoms with Gasteiger partial charge in [0.1, 0.15) is 11.1 Å². The molecule has 19 heavy (non-hydrogen) atoms. The third-order valence-corrected chi connectivity index (χ3v) is 3.45. The molecule has 1 amide bonds. The van der Waals surface area contributed by atoms with Crippen LogP contribution in [0.25, 0.3) is 0 Å². The summed E-state index contributed by atoms with van der Waals surface area (Å²) in [4.78, 5) is 13.8. The van der Waals surface area contributed by atoms with Crippen LogP contribution < -0.4 is 10.2 Å². The fourth-order valence-electron chi connectivity index (χ4n) is 1.65. The maximum absolute atomic E-state index is 11.9. The first-order valence-electron chi connectivity index (χ1n) is 5.74. The molecule has 0 saturated carbocycles. The SMILES string of the molecule is CN(CC(=O)Nc1sccc1C#N)c1ccccc1. The van der Waals surface area contributed by atoms with E-state index in [0.29, 0.717) is 10.6 Å². The lowest BCUT2D eigenvalue weighted by atomic mass is 10.3. The number of rotatable bonds is 4. The van der Waals surface area contributed by atoms with Gasteiger partial charge in [-0.1, -0.05) is 18.2 Å². The fraction of sp³-hybridized carbons (Fsp3) is 0.143. The smallest absolute Gasteiger partial charge is 0.244 e. The molecule has 4 nitrogen and oxygen atoms in total. The number of nitriles is 1. The van der Waals surface area contributed by atoms with Crippen LogP contribution in [0.15, 0.2) is 41.8 Å². The molecule has 0 spiro atoms. The lowest BCUT2D eigenvalue weighted by molar-refractivity contribution is -0.114. The van der Waals surface area contributed by atoms with Gasteiger partial charge in [0.15, 0.2) is 0 Å². The Morgan fingerprint density at radius 1 is 1.37 bits per heavy atom. The van der Waals surface area contributed by atoms with Crippen molar-refractivity contribution in [1.29, 1.82) is 5.26 Å². The van der Waals surface area contributed by atoms with Crippen molar-refractivity contribution in [2.45, 2.75) is 0 Å². The number of anilines is 2. The minimum Gasteiger partial charge on any atom is -0.365 e. The number of thiophene rings is 1. The van der Waals surface area contributed by atoms with E-state index in [0.717, 1.165) is 5.69 Å². The van der Waals surface area contributed by atoms with Gasteiger partial charge in [0.2, 0.25) is 5.91 Å². The summed E-state index contributed by atoms with van der Waals surface area (Å²) in [5.74, 6) is -0.134. The number of para-hydroxylation sites is 1. The Balaban J connectivity index is 1.97. The van der Waals surface area contributed by atoms with E-state index in [1.165, 1.54) is 11.3 Å². The molecule has 5 heteroatoms. The molecule has 0 aliphatic heterocycles. The molecule has 1 heterocycles. The summed E-state index contributed by atoms with van der Waals surface area (Å²) >= 11 is 1.35. The Morgan fingerprint density at radius 2 is 2.11 bits per heavy atom. The van der Waals surface area contributed by atoms with Gasteiger partial charge in [0, 0.05) is 12.7 Å². The van der Waals surface area contributed by atoms with Crippen molar-refractivity contribution in [3.63, 3.8) is 0 Å². The molecule has 1 aromatic carbocycles. The summed E-state index contributed by atoms with van der Waals surface area (Å²) in [6.07, 6.45) is 0. The molecule has 0 unspecified atom stereocenters. The molecule has 0 atom stereocenters. The van der Waals surface area contributed by atoms with Gasteiger partial charge in [-0.25, -0.2) is 0 Å². The van der Waals surface area contributed by atoms with Crippen LogP contribution in [0.3, 0.4) is 0 Å². The molecular weight excluding hydrogens is 258 g/mol. The Bertz CT molecular complexity index is 601. The van der Waals surface area contributed by atoms with Gasteiger partial charge >= 0.3 is 0 Å². The molecule has 0 radical (unpaired) electrons. The van der Waals surface area contributed by atoms with Crippen molar-refractivity contribution in [3.05, 3.63) is 47.3 Å². The van der Waals surface area contributed by atoms with Crippen LogP contribution in [0.5, 0.6) is 0 Å². The van der Waals surface area contributed by atoms with E-state index in [1.807, 2.05) is 48.3 Å². The molecular formula is C14H13N3OS. The molecule has 1 aromatic heterocycles. The summed E-state index contributed by atoms with van der Waals surface area (Å²) in [6, 6.07) is 13.4. The number of nitrogens with one attached hydrogen (secondary N) is 1. The van der Waals surface area contributed by atoms with Crippen LogP contribution in [0.4, 0.5) is 10.7 Å². The largest absolute Gasteiger partial charge is 0.365 e. The Kier molecular flexibility index (Phi) is 4.16. The molecule has 0 aliphatic rings. The van der Waals surface area contributed by atoms with E-state index < -0.39 is 0 Å². The molecule has 2 aromatic rings. The van der Waals surface area contributed by atoms with Crippen molar-refractivity contribution >= 4 is 27.9 Å². The highest BCUT2D eigenvalue weighted by atomic mass is 32.1. The minimum atomic E-state index is -0.134. The van der Waals surface area contributed by atoms with Crippen molar-refractivity contribution in [1.82, 2.24) is 0 Å². The molecule has 96 valence electrons. The third-order valence-electron chi connectivity index (χ3n) is 2.62. The minimum absolute atomic E-state index is 0.134. The standard InChI is InChI=1S/C14H13N3OS/c1-17(12-5-3-2-4-6-12)10-13(18)16-14-11(9-15)7-8-19-14/h2-8H,10H2,1H3,(H,16,18). The highest BCUT2D eigenvalue weighted by Crippen LogP contribution is 2.22. The maximum Gasteiger partial charge on any atom is 0.244 e. The molecule has 0 saturated heterocycles. The van der Waals surface area contributed by atoms with Gasteiger partial charge in [-0.15, -0.1) is 11.3 Å². The van der Waals surface area contributed by atoms with Crippen LogP contribution in [0.1, 0.15) is 5.56 Å². The average Bonchev–Trinajstić information content (AvgIpc) is 2.86. The Morgan fingerprint density at radius 3 is 2.79 bits per heavy atom. The highest BCUT2D eigenvalue weighted by molar-refractivity contribution is 7.14. The maximum atomic E-state index is 11.9. The third kappa shape index (κ3) is 3.33. The number of carbonyl (C=O) groups excluding carboxylic acids is 1. The van der Waals surface area contributed by atoms with E-state index in [9.17, 15) is 4.79 Å². The van der Waals surface area contributed by atoms with Gasteiger partial charge in [-0.05, 0) is 23.6 Å². The Labute approximate surface area is 115 Å². The summed E-state index contributed by atoms with van der Waals surface area (Å²) in [5.41, 5.74) is 1.48. The number of carbonyl (C=O) groups is 1. The van der Waals surface area contributed by atoms with E-state index in [4.69, 9.17) is 5.26 Å². The van der Waals surface area contributed by atoms with Crippen molar-refractivity contribution < 1.29 is 4.79 Å². The van der Waals surface area contributed by atoms with E-state index in [2.05, 4.69) is 5.32 Å². The first kappa shape index (κ1) is 13.1. The molecule has 0 aliphatic carbocycles. The predicted molar refractivity (Wildman–Crippen MR) is 77.4 cm³/mol. The predicted octanol–water partition coefficient (Wildman–Crippen LogP) is 2.69. The Hall–Kier alpha value is -2.32. The first-order valence-corrected chi connectivity index (χ1v) is 6.62. The van der Waals surface area contributed by atoms with Crippen LogP contribution >= 0.6 is 11.3 Å². The van der Waals surface area contributed by atoms with Gasteiger partial charge in [-0.3, -0.25) is 4.79 Å². The van der Waals surface area contributed by atoms with Crippen molar-refractivity contribution in [2.75, 3.05) is 23.8 Å². The zero-order chi connectivity index (χ0) is 13.7. The lowest BCUT2D eigenvalue weighted by Crippen LogP contribution is -2.29. The summed E-state index contributed by atoms with van der Waals surface area (Å²) in [7, 11) is 1.86. The van der Waals surface area contributed by atoms with E-state index in [-0.39, 0.29) is 12.5 Å². The number of amides is 1. The summed E-state index contributed by atoms with van der Waals surface area (Å²) < 4.78 is 0. The van der Waals surface area contributed by atoms with Crippen LogP contribution in [-0.2, 0) is 4.79 Å². The topological polar surface area (TPSA) is 56.1 Å². The zero-order valence-corrected chi connectivity index (χ0v) is 11.3. The normalized spacial score (nSPS) is 9.68. The van der Waals surface area contributed by atoms with Gasteiger partial charge in [0.25, 0.3) is 0 Å². The number of hydrogen-bond donors (Lipinski definition) is 1. The fourth-order valence-corrected chi connectivity index (χ4v) is 2.40. The van der Waals surface area contributed by atoms with Crippen LogP contribution in [-0.4, -0.2) is 19.5 Å². The second-order valence-corrected chi connectivity index (χ2v) is 4.93. The monoisotopic (exact) mass is 271 g/mol. The van der Waals surface area contributed by atoms with E-state index >= 15 is 0 Å². The van der Waals surface area contributed by atoms with Gasteiger partial charge in [0.05, 0.1) is 12.1 Å². The van der Waals surface area contributed by atoms with Crippen molar-refractivity contribution in [3.8, 4) is 6.07 Å². The quantitative estimate of drug-likeness (QED) is 0.930. The summed E-state index contributed by atoms with van der Waals surface area (Å²) in [5, 5.41) is 14.0. The second-order valence-electron chi connectivity index (χ2n) is 4.01. The second kappa shape index (κ2) is 6.03. The zero-order valence-electron chi connectivity index (χ0n) is 10.5. The number of likely N-dealkylation sites (N-methyl/N-ethyl adjacent to an activating group) is 1. The van der Waals surface area contributed by atoms with Crippen LogP contribution in [0, 0.1) is 11.3 Å². The molecule has 0 fully saturated rings.